The molecule has 0 spiro atoms. The van der Waals surface area contributed by atoms with Gasteiger partial charge in [0.05, 0.1) is 25.0 Å². The Bertz CT molecular complexity index is 1160. The number of carbonyl (C=O) groups excluding carboxylic acids is 1. The summed E-state index contributed by atoms with van der Waals surface area (Å²) in [5, 5.41) is 2.86. The maximum atomic E-state index is 12.5. The number of ether oxygens (including phenoxy) is 1. The standard InChI is InChI=1S/C26H30N2O4S/c1-20(2)24-11-7-8-12-25(24)32-18-17-27-26(29)22-15-13-21(14-16-22)19-28(33(3,30)31)23-9-5-4-6-10-23/h4-16,20H,17-19H2,1-3H3,(H,27,29). The van der Waals surface area contributed by atoms with Crippen LogP contribution < -0.4 is 14.4 Å². The molecule has 3 aromatic rings. The SMILES string of the molecule is CC(C)c1ccccc1OCCNC(=O)c1ccc(CN(c2ccccc2)S(C)(=O)=O)cc1. The molecule has 33 heavy (non-hydrogen) atoms. The molecule has 0 fully saturated rings. The number of hydrogen-bond donors (Lipinski definition) is 1. The third kappa shape index (κ3) is 6.83. The van der Waals surface area contributed by atoms with Gasteiger partial charge in [-0.1, -0.05) is 62.4 Å². The quantitative estimate of drug-likeness (QED) is 0.444. The number of para-hydroxylation sites is 2. The Morgan fingerprint density at radius 3 is 2.21 bits per heavy atom. The first kappa shape index (κ1) is 24.3. The highest BCUT2D eigenvalue weighted by Gasteiger charge is 2.18. The van der Waals surface area contributed by atoms with E-state index in [1.54, 1.807) is 48.5 Å². The molecule has 7 heteroatoms. The first-order chi connectivity index (χ1) is 15.8. The summed E-state index contributed by atoms with van der Waals surface area (Å²) >= 11 is 0. The molecule has 174 valence electrons. The van der Waals surface area contributed by atoms with Crippen molar-refractivity contribution in [3.8, 4) is 5.75 Å². The van der Waals surface area contributed by atoms with Crippen molar-refractivity contribution in [3.05, 3.63) is 95.6 Å². The Morgan fingerprint density at radius 1 is 0.939 bits per heavy atom. The Balaban J connectivity index is 1.56. The molecule has 0 radical (unpaired) electrons. The van der Waals surface area contributed by atoms with E-state index in [1.807, 2.05) is 30.3 Å². The molecule has 0 aliphatic carbocycles. The van der Waals surface area contributed by atoms with Gasteiger partial charge in [-0.25, -0.2) is 8.42 Å². The van der Waals surface area contributed by atoms with E-state index in [1.165, 1.54) is 10.6 Å². The van der Waals surface area contributed by atoms with Gasteiger partial charge in [-0.2, -0.15) is 0 Å². The van der Waals surface area contributed by atoms with E-state index in [9.17, 15) is 13.2 Å². The zero-order valence-electron chi connectivity index (χ0n) is 19.2. The third-order valence-electron chi connectivity index (χ3n) is 5.17. The van der Waals surface area contributed by atoms with Crippen LogP contribution in [0.3, 0.4) is 0 Å². The van der Waals surface area contributed by atoms with Gasteiger partial charge < -0.3 is 10.1 Å². The van der Waals surface area contributed by atoms with Gasteiger partial charge in [0.15, 0.2) is 0 Å². The minimum atomic E-state index is -3.45. The van der Waals surface area contributed by atoms with Gasteiger partial charge in [-0.15, -0.1) is 0 Å². The lowest BCUT2D eigenvalue weighted by molar-refractivity contribution is 0.0947. The molecule has 0 aromatic heterocycles. The topological polar surface area (TPSA) is 75.7 Å². The predicted molar refractivity (Wildman–Crippen MR) is 132 cm³/mol. The summed E-state index contributed by atoms with van der Waals surface area (Å²) < 4.78 is 31.7. The molecule has 0 aliphatic rings. The highest BCUT2D eigenvalue weighted by atomic mass is 32.2. The zero-order chi connectivity index (χ0) is 23.8. The molecule has 0 atom stereocenters. The molecule has 0 bridgehead atoms. The van der Waals surface area contributed by atoms with Gasteiger partial charge in [-0.05, 0) is 47.4 Å². The van der Waals surface area contributed by atoms with Crippen LogP contribution in [0.5, 0.6) is 5.75 Å². The second kappa shape index (κ2) is 11.0. The summed E-state index contributed by atoms with van der Waals surface area (Å²) in [5.74, 6) is 0.986. The molecule has 0 aliphatic heterocycles. The van der Waals surface area contributed by atoms with Gasteiger partial charge >= 0.3 is 0 Å². The first-order valence-corrected chi connectivity index (χ1v) is 12.7. The van der Waals surface area contributed by atoms with Crippen LogP contribution in [0, 0.1) is 0 Å². The highest BCUT2D eigenvalue weighted by Crippen LogP contribution is 2.25. The van der Waals surface area contributed by atoms with Gasteiger partial charge in [-0.3, -0.25) is 9.10 Å². The van der Waals surface area contributed by atoms with Crippen molar-refractivity contribution in [2.45, 2.75) is 26.3 Å². The monoisotopic (exact) mass is 466 g/mol. The van der Waals surface area contributed by atoms with Gasteiger partial charge in [0.2, 0.25) is 10.0 Å². The lowest BCUT2D eigenvalue weighted by atomic mass is 10.0. The largest absolute Gasteiger partial charge is 0.491 e. The van der Waals surface area contributed by atoms with Crippen LogP contribution in [0.1, 0.15) is 41.3 Å². The summed E-state index contributed by atoms with van der Waals surface area (Å²) in [6.07, 6.45) is 1.18. The van der Waals surface area contributed by atoms with Crippen LogP contribution >= 0.6 is 0 Å². The number of carbonyl (C=O) groups is 1. The summed E-state index contributed by atoms with van der Waals surface area (Å²) in [4.78, 5) is 12.5. The molecule has 6 nitrogen and oxygen atoms in total. The molecule has 0 saturated heterocycles. The Morgan fingerprint density at radius 2 is 1.58 bits per heavy atom. The number of hydrogen-bond acceptors (Lipinski definition) is 4. The Hall–Kier alpha value is -3.32. The van der Waals surface area contributed by atoms with Crippen LogP contribution in [0.4, 0.5) is 5.69 Å². The van der Waals surface area contributed by atoms with Gasteiger partial charge in [0.25, 0.3) is 5.91 Å². The first-order valence-electron chi connectivity index (χ1n) is 10.9. The van der Waals surface area contributed by atoms with E-state index < -0.39 is 10.0 Å². The van der Waals surface area contributed by atoms with E-state index in [0.29, 0.717) is 30.3 Å². The number of anilines is 1. The number of nitrogens with one attached hydrogen (secondary N) is 1. The van der Waals surface area contributed by atoms with E-state index >= 15 is 0 Å². The normalized spacial score (nSPS) is 11.3. The van der Waals surface area contributed by atoms with E-state index in [0.717, 1.165) is 16.9 Å². The summed E-state index contributed by atoms with van der Waals surface area (Å²) in [5.41, 5.74) is 3.03. The van der Waals surface area contributed by atoms with Crippen molar-refractivity contribution in [1.29, 1.82) is 0 Å². The fourth-order valence-electron chi connectivity index (χ4n) is 3.44. The predicted octanol–water partition coefficient (Wildman–Crippen LogP) is 4.59. The van der Waals surface area contributed by atoms with E-state index in [-0.39, 0.29) is 12.5 Å². The fourth-order valence-corrected chi connectivity index (χ4v) is 4.33. The van der Waals surface area contributed by atoms with Crippen LogP contribution in [-0.4, -0.2) is 33.7 Å². The van der Waals surface area contributed by atoms with Crippen LogP contribution in [-0.2, 0) is 16.6 Å². The minimum Gasteiger partial charge on any atom is -0.491 e. The number of amides is 1. The van der Waals surface area contributed by atoms with Crippen molar-refractivity contribution in [2.24, 2.45) is 0 Å². The van der Waals surface area contributed by atoms with Gasteiger partial charge in [0.1, 0.15) is 12.4 Å². The second-order valence-corrected chi connectivity index (χ2v) is 10.0. The van der Waals surface area contributed by atoms with E-state index in [2.05, 4.69) is 19.2 Å². The minimum absolute atomic E-state index is 0.188. The third-order valence-corrected chi connectivity index (χ3v) is 6.31. The Labute approximate surface area is 196 Å². The summed E-state index contributed by atoms with van der Waals surface area (Å²) in [6.45, 7) is 5.16. The van der Waals surface area contributed by atoms with Crippen LogP contribution in [0.15, 0.2) is 78.9 Å². The van der Waals surface area contributed by atoms with Crippen LogP contribution in [0.2, 0.25) is 0 Å². The van der Waals surface area contributed by atoms with Crippen LogP contribution in [0.25, 0.3) is 0 Å². The molecule has 0 saturated carbocycles. The van der Waals surface area contributed by atoms with E-state index in [4.69, 9.17) is 4.74 Å². The van der Waals surface area contributed by atoms with Crippen molar-refractivity contribution in [3.63, 3.8) is 0 Å². The second-order valence-electron chi connectivity index (χ2n) is 8.10. The number of benzene rings is 3. The number of rotatable bonds is 10. The summed E-state index contributed by atoms with van der Waals surface area (Å²) in [7, 11) is -3.45. The smallest absolute Gasteiger partial charge is 0.251 e. The molecule has 0 unspecified atom stereocenters. The molecule has 0 heterocycles. The number of nitrogens with zero attached hydrogens (tertiary/aromatic N) is 1. The fraction of sp³-hybridized carbons (Fsp3) is 0.269. The average molecular weight is 467 g/mol. The van der Waals surface area contributed by atoms with Crippen molar-refractivity contribution in [1.82, 2.24) is 5.32 Å². The zero-order valence-corrected chi connectivity index (χ0v) is 20.0. The van der Waals surface area contributed by atoms with Crippen molar-refractivity contribution in [2.75, 3.05) is 23.7 Å². The molecular formula is C26H30N2O4S. The Kier molecular flexibility index (Phi) is 8.11. The molecule has 3 rings (SSSR count). The van der Waals surface area contributed by atoms with Gasteiger partial charge in [0, 0.05) is 5.56 Å². The van der Waals surface area contributed by atoms with Crippen molar-refractivity contribution < 1.29 is 17.9 Å². The highest BCUT2D eigenvalue weighted by molar-refractivity contribution is 7.92. The number of sulfonamides is 1. The maximum Gasteiger partial charge on any atom is 0.251 e. The molecule has 1 amide bonds. The molecular weight excluding hydrogens is 436 g/mol. The lowest BCUT2D eigenvalue weighted by Crippen LogP contribution is -2.29. The summed E-state index contributed by atoms with van der Waals surface area (Å²) in [6, 6.07) is 23.8. The van der Waals surface area contributed by atoms with Crippen molar-refractivity contribution >= 4 is 21.6 Å². The molecule has 3 aromatic carbocycles. The molecule has 1 N–H and O–H groups in total. The lowest BCUT2D eigenvalue weighted by Gasteiger charge is -2.22. The maximum absolute atomic E-state index is 12.5. The average Bonchev–Trinajstić information content (AvgIpc) is 2.80.